The van der Waals surface area contributed by atoms with E-state index in [0.29, 0.717) is 12.1 Å². The predicted molar refractivity (Wildman–Crippen MR) is 61.2 cm³/mol. The quantitative estimate of drug-likeness (QED) is 0.866. The first-order valence-electron chi connectivity index (χ1n) is 5.18. The minimum Gasteiger partial charge on any atom is -0.386 e. The van der Waals surface area contributed by atoms with E-state index in [1.54, 1.807) is 6.20 Å². The van der Waals surface area contributed by atoms with Crippen molar-refractivity contribution in [1.82, 2.24) is 18.5 Å². The monoisotopic (exact) mass is 238 g/mol. The molecule has 86 valence electrons. The van der Waals surface area contributed by atoms with Crippen molar-refractivity contribution < 1.29 is 5.11 Å². The van der Waals surface area contributed by atoms with Gasteiger partial charge in [0.2, 0.25) is 0 Å². The van der Waals surface area contributed by atoms with Gasteiger partial charge in [-0.05, 0) is 12.5 Å². The van der Waals surface area contributed by atoms with Crippen LogP contribution < -0.4 is 0 Å². The van der Waals surface area contributed by atoms with E-state index >= 15 is 0 Å². The molecule has 0 fully saturated rings. The minimum atomic E-state index is -0.598. The lowest BCUT2D eigenvalue weighted by molar-refractivity contribution is 0.172. The Hall–Kier alpha value is -1.27. The van der Waals surface area contributed by atoms with Gasteiger partial charge in [-0.2, -0.15) is 13.8 Å². The van der Waals surface area contributed by atoms with E-state index in [-0.39, 0.29) is 0 Å². The highest BCUT2D eigenvalue weighted by molar-refractivity contribution is 6.99. The van der Waals surface area contributed by atoms with Crippen molar-refractivity contribution in [3.63, 3.8) is 0 Å². The molecule has 0 spiro atoms. The number of hydrogen-bond donors (Lipinski definition) is 1. The number of aliphatic hydroxyl groups excluding tert-OH is 1. The third-order valence-electron chi connectivity index (χ3n) is 2.51. The van der Waals surface area contributed by atoms with Crippen LogP contribution in [-0.4, -0.2) is 23.6 Å². The molecule has 2 rings (SSSR count). The summed E-state index contributed by atoms with van der Waals surface area (Å²) in [5.74, 6) is 0. The van der Waals surface area contributed by atoms with Crippen molar-refractivity contribution >= 4 is 11.7 Å². The fourth-order valence-electron chi connectivity index (χ4n) is 1.56. The first-order chi connectivity index (χ1) is 7.70. The lowest BCUT2D eigenvalue weighted by atomic mass is 10.1. The van der Waals surface area contributed by atoms with Crippen molar-refractivity contribution in [2.75, 3.05) is 0 Å². The average molecular weight is 238 g/mol. The average Bonchev–Trinajstić information content (AvgIpc) is 2.88. The van der Waals surface area contributed by atoms with E-state index in [1.807, 2.05) is 17.8 Å². The highest BCUT2D eigenvalue weighted by Gasteiger charge is 2.14. The number of aromatic nitrogens is 4. The zero-order valence-electron chi connectivity index (χ0n) is 9.29. The molecule has 6 heteroatoms. The summed E-state index contributed by atoms with van der Waals surface area (Å²) in [7, 11) is 1.89. The van der Waals surface area contributed by atoms with Gasteiger partial charge in [-0.3, -0.25) is 4.68 Å². The summed E-state index contributed by atoms with van der Waals surface area (Å²) in [6.45, 7) is 2.06. The van der Waals surface area contributed by atoms with Gasteiger partial charge in [0.1, 0.15) is 11.8 Å². The Balaban J connectivity index is 2.11. The Morgan fingerprint density at radius 3 is 2.94 bits per heavy atom. The van der Waals surface area contributed by atoms with Crippen molar-refractivity contribution in [2.45, 2.75) is 25.9 Å². The molecule has 2 aromatic rings. The van der Waals surface area contributed by atoms with Crippen LogP contribution in [0.25, 0.3) is 0 Å². The van der Waals surface area contributed by atoms with Crippen molar-refractivity contribution in [1.29, 1.82) is 0 Å². The summed E-state index contributed by atoms with van der Waals surface area (Å²) in [6.07, 6.45) is 2.43. The highest BCUT2D eigenvalue weighted by atomic mass is 32.1. The summed E-state index contributed by atoms with van der Waals surface area (Å²) in [5.41, 5.74) is 2.68. The van der Waals surface area contributed by atoms with Crippen molar-refractivity contribution in [3.05, 3.63) is 29.3 Å². The molecule has 0 aliphatic carbocycles. The standard InChI is InChI=1S/C10H14N4OS/c1-3-7-4-8(14(2)12-7)5-10(15)9-6-11-16-13-9/h4,6,10,15H,3,5H2,1-2H3. The highest BCUT2D eigenvalue weighted by Crippen LogP contribution is 2.17. The van der Waals surface area contributed by atoms with E-state index < -0.39 is 6.10 Å². The minimum absolute atomic E-state index is 0.523. The van der Waals surface area contributed by atoms with Gasteiger partial charge in [-0.1, -0.05) is 6.92 Å². The van der Waals surface area contributed by atoms with Gasteiger partial charge in [0.15, 0.2) is 0 Å². The largest absolute Gasteiger partial charge is 0.386 e. The molecule has 16 heavy (non-hydrogen) atoms. The summed E-state index contributed by atoms with van der Waals surface area (Å²) >= 11 is 1.11. The lowest BCUT2D eigenvalue weighted by Gasteiger charge is -2.06. The molecule has 1 N–H and O–H groups in total. The SMILES string of the molecule is CCc1cc(CC(O)c2cnsn2)n(C)n1. The second-order valence-electron chi connectivity index (χ2n) is 3.66. The molecule has 0 aromatic carbocycles. The number of aryl methyl sites for hydroxylation is 2. The van der Waals surface area contributed by atoms with Crippen LogP contribution in [-0.2, 0) is 19.9 Å². The molecule has 0 saturated heterocycles. The molecular weight excluding hydrogens is 224 g/mol. The van der Waals surface area contributed by atoms with Crippen LogP contribution in [0.4, 0.5) is 0 Å². The fourth-order valence-corrected chi connectivity index (χ4v) is 2.02. The molecule has 0 bridgehead atoms. The zero-order chi connectivity index (χ0) is 11.5. The maximum atomic E-state index is 9.93. The molecule has 0 saturated carbocycles. The molecule has 5 nitrogen and oxygen atoms in total. The van der Waals surface area contributed by atoms with Crippen molar-refractivity contribution in [2.24, 2.45) is 7.05 Å². The maximum Gasteiger partial charge on any atom is 0.104 e. The lowest BCUT2D eigenvalue weighted by Crippen LogP contribution is -2.06. The van der Waals surface area contributed by atoms with E-state index in [2.05, 4.69) is 20.8 Å². The van der Waals surface area contributed by atoms with Crippen LogP contribution >= 0.6 is 11.7 Å². The Kier molecular flexibility index (Phi) is 3.31. The van der Waals surface area contributed by atoms with E-state index in [4.69, 9.17) is 0 Å². The Labute approximate surface area is 98.1 Å². The normalized spacial score (nSPS) is 12.9. The number of hydrogen-bond acceptors (Lipinski definition) is 5. The van der Waals surface area contributed by atoms with Gasteiger partial charge in [-0.25, -0.2) is 0 Å². The summed E-state index contributed by atoms with van der Waals surface area (Å²) < 4.78 is 9.70. The van der Waals surface area contributed by atoms with Crippen LogP contribution in [0.5, 0.6) is 0 Å². The molecule has 0 amide bonds. The fraction of sp³-hybridized carbons (Fsp3) is 0.500. The van der Waals surface area contributed by atoms with Crippen LogP contribution in [0, 0.1) is 0 Å². The zero-order valence-corrected chi connectivity index (χ0v) is 10.1. The smallest absolute Gasteiger partial charge is 0.104 e. The van der Waals surface area contributed by atoms with Gasteiger partial charge >= 0.3 is 0 Å². The first-order valence-corrected chi connectivity index (χ1v) is 5.91. The molecular formula is C10H14N4OS. The second kappa shape index (κ2) is 4.71. The third-order valence-corrected chi connectivity index (χ3v) is 3.00. The molecule has 1 atom stereocenters. The Bertz CT molecular complexity index is 451. The first kappa shape index (κ1) is 11.2. The summed E-state index contributed by atoms with van der Waals surface area (Å²) in [6, 6.07) is 2.02. The number of rotatable bonds is 4. The third kappa shape index (κ3) is 2.28. The van der Waals surface area contributed by atoms with E-state index in [0.717, 1.165) is 29.5 Å². The van der Waals surface area contributed by atoms with Crippen LogP contribution in [0.1, 0.15) is 30.1 Å². The summed E-state index contributed by atoms with van der Waals surface area (Å²) in [5, 5.41) is 14.3. The van der Waals surface area contributed by atoms with Gasteiger partial charge in [0, 0.05) is 19.2 Å². The Morgan fingerprint density at radius 1 is 1.56 bits per heavy atom. The van der Waals surface area contributed by atoms with E-state index in [1.165, 1.54) is 0 Å². The van der Waals surface area contributed by atoms with Crippen LogP contribution in [0.2, 0.25) is 0 Å². The molecule has 2 heterocycles. The predicted octanol–water partition coefficient (Wildman–Crippen LogP) is 1.11. The Morgan fingerprint density at radius 2 is 2.38 bits per heavy atom. The molecule has 2 aromatic heterocycles. The van der Waals surface area contributed by atoms with Gasteiger partial charge in [-0.15, -0.1) is 0 Å². The maximum absolute atomic E-state index is 9.93. The molecule has 1 unspecified atom stereocenters. The molecule has 0 aliphatic rings. The van der Waals surface area contributed by atoms with Crippen LogP contribution in [0.15, 0.2) is 12.3 Å². The van der Waals surface area contributed by atoms with Crippen LogP contribution in [0.3, 0.4) is 0 Å². The number of nitrogens with zero attached hydrogens (tertiary/aromatic N) is 4. The van der Waals surface area contributed by atoms with E-state index in [9.17, 15) is 5.11 Å². The van der Waals surface area contributed by atoms with Gasteiger partial charge in [0.05, 0.1) is 23.6 Å². The van der Waals surface area contributed by atoms with Gasteiger partial charge < -0.3 is 5.11 Å². The molecule has 0 radical (unpaired) electrons. The molecule has 0 aliphatic heterocycles. The van der Waals surface area contributed by atoms with Crippen molar-refractivity contribution in [3.8, 4) is 0 Å². The topological polar surface area (TPSA) is 63.8 Å². The van der Waals surface area contributed by atoms with Gasteiger partial charge in [0.25, 0.3) is 0 Å². The number of aliphatic hydroxyl groups is 1. The second-order valence-corrected chi connectivity index (χ2v) is 4.21. The summed E-state index contributed by atoms with van der Waals surface area (Å²) in [4.78, 5) is 0.